The number of methoxy groups -OCH3 is 1. The molecule has 0 radical (unpaired) electrons. The van der Waals surface area contributed by atoms with Gasteiger partial charge >= 0.3 is 0 Å². The van der Waals surface area contributed by atoms with E-state index in [1.807, 2.05) is 32.0 Å². The van der Waals surface area contributed by atoms with Crippen LogP contribution in [0.1, 0.15) is 32.8 Å². The first-order valence-electron chi connectivity index (χ1n) is 8.87. The third-order valence-corrected chi connectivity index (χ3v) is 4.43. The van der Waals surface area contributed by atoms with Crippen LogP contribution in [0.2, 0.25) is 0 Å². The average Bonchev–Trinajstić information content (AvgIpc) is 2.59. The van der Waals surface area contributed by atoms with Gasteiger partial charge in [-0.05, 0) is 31.5 Å². The van der Waals surface area contributed by atoms with E-state index in [0.717, 1.165) is 43.0 Å². The Bertz CT molecular complexity index is 531. The fourth-order valence-electron chi connectivity index (χ4n) is 3.08. The summed E-state index contributed by atoms with van der Waals surface area (Å²) in [5, 5.41) is 3.01. The van der Waals surface area contributed by atoms with Crippen LogP contribution in [0.25, 0.3) is 0 Å². The van der Waals surface area contributed by atoms with E-state index in [4.69, 9.17) is 9.47 Å². The SMILES string of the molecule is CCCN(CCNC(=O)C(C)C)C1COc2cccc(OC)c2C1. The Morgan fingerprint density at radius 2 is 2.21 bits per heavy atom. The van der Waals surface area contributed by atoms with Gasteiger partial charge in [-0.1, -0.05) is 26.8 Å². The molecule has 1 heterocycles. The minimum atomic E-state index is 0.0266. The van der Waals surface area contributed by atoms with Crippen LogP contribution < -0.4 is 14.8 Å². The molecule has 1 aliphatic rings. The maximum Gasteiger partial charge on any atom is 0.222 e. The van der Waals surface area contributed by atoms with Crippen molar-refractivity contribution in [1.82, 2.24) is 10.2 Å². The number of fused-ring (bicyclic) bond motifs is 1. The van der Waals surface area contributed by atoms with Gasteiger partial charge in [-0.2, -0.15) is 0 Å². The molecular weight excluding hydrogens is 304 g/mol. The Morgan fingerprint density at radius 1 is 1.42 bits per heavy atom. The maximum absolute atomic E-state index is 11.7. The Hall–Kier alpha value is -1.75. The van der Waals surface area contributed by atoms with Crippen LogP contribution in [0.5, 0.6) is 11.5 Å². The summed E-state index contributed by atoms with van der Waals surface area (Å²) in [5.74, 6) is 1.95. The largest absolute Gasteiger partial charge is 0.496 e. The first kappa shape index (κ1) is 18.6. The summed E-state index contributed by atoms with van der Waals surface area (Å²) in [5.41, 5.74) is 1.14. The van der Waals surface area contributed by atoms with Crippen molar-refractivity contribution in [2.45, 2.75) is 39.7 Å². The lowest BCUT2D eigenvalue weighted by molar-refractivity contribution is -0.124. The molecule has 1 aromatic carbocycles. The molecule has 1 N–H and O–H groups in total. The zero-order chi connectivity index (χ0) is 17.5. The van der Waals surface area contributed by atoms with Crippen molar-refractivity contribution in [3.63, 3.8) is 0 Å². The second-order valence-corrected chi connectivity index (χ2v) is 6.59. The summed E-state index contributed by atoms with van der Waals surface area (Å²) in [7, 11) is 1.70. The predicted octanol–water partition coefficient (Wildman–Crippen LogP) is 2.48. The minimum absolute atomic E-state index is 0.0266. The van der Waals surface area contributed by atoms with Crippen LogP contribution >= 0.6 is 0 Å². The molecule has 1 aliphatic heterocycles. The molecule has 24 heavy (non-hydrogen) atoms. The van der Waals surface area contributed by atoms with Gasteiger partial charge in [-0.25, -0.2) is 0 Å². The summed E-state index contributed by atoms with van der Waals surface area (Å²) in [6.07, 6.45) is 1.99. The molecular formula is C19H30N2O3. The number of rotatable bonds is 8. The molecule has 1 aromatic rings. The molecule has 1 unspecified atom stereocenters. The third kappa shape index (κ3) is 4.63. The molecule has 0 saturated heterocycles. The van der Waals surface area contributed by atoms with Gasteiger partial charge in [0.2, 0.25) is 5.91 Å². The third-order valence-electron chi connectivity index (χ3n) is 4.43. The van der Waals surface area contributed by atoms with E-state index in [9.17, 15) is 4.79 Å². The smallest absolute Gasteiger partial charge is 0.222 e. The number of nitrogens with zero attached hydrogens (tertiary/aromatic N) is 1. The van der Waals surface area contributed by atoms with Crippen LogP contribution in [0.15, 0.2) is 18.2 Å². The van der Waals surface area contributed by atoms with Gasteiger partial charge in [0, 0.05) is 30.6 Å². The fourth-order valence-corrected chi connectivity index (χ4v) is 3.08. The molecule has 1 atom stereocenters. The molecule has 1 amide bonds. The van der Waals surface area contributed by atoms with E-state index in [1.54, 1.807) is 7.11 Å². The minimum Gasteiger partial charge on any atom is -0.496 e. The number of carbonyl (C=O) groups is 1. The maximum atomic E-state index is 11.7. The van der Waals surface area contributed by atoms with Gasteiger partial charge in [0.05, 0.1) is 7.11 Å². The fraction of sp³-hybridized carbons (Fsp3) is 0.632. The average molecular weight is 334 g/mol. The lowest BCUT2D eigenvalue weighted by Crippen LogP contribution is -2.47. The van der Waals surface area contributed by atoms with Crippen molar-refractivity contribution >= 4 is 5.91 Å². The number of nitrogens with one attached hydrogen (secondary N) is 1. The monoisotopic (exact) mass is 334 g/mol. The predicted molar refractivity (Wildman–Crippen MR) is 95.7 cm³/mol. The number of hydrogen-bond acceptors (Lipinski definition) is 4. The van der Waals surface area contributed by atoms with Gasteiger partial charge in [-0.15, -0.1) is 0 Å². The number of hydrogen-bond donors (Lipinski definition) is 1. The van der Waals surface area contributed by atoms with Gasteiger partial charge < -0.3 is 14.8 Å². The summed E-state index contributed by atoms with van der Waals surface area (Å²) in [4.78, 5) is 14.1. The van der Waals surface area contributed by atoms with E-state index in [0.29, 0.717) is 19.2 Å². The summed E-state index contributed by atoms with van der Waals surface area (Å²) < 4.78 is 11.4. The van der Waals surface area contributed by atoms with E-state index < -0.39 is 0 Å². The molecule has 134 valence electrons. The lowest BCUT2D eigenvalue weighted by atomic mass is 10.00. The Labute approximate surface area is 145 Å². The van der Waals surface area contributed by atoms with Gasteiger partial charge in [0.25, 0.3) is 0 Å². The van der Waals surface area contributed by atoms with E-state index in [2.05, 4.69) is 17.1 Å². The molecule has 0 bridgehead atoms. The molecule has 0 spiro atoms. The van der Waals surface area contributed by atoms with Gasteiger partial charge in [-0.3, -0.25) is 9.69 Å². The van der Waals surface area contributed by atoms with Crippen molar-refractivity contribution in [2.75, 3.05) is 33.4 Å². The second-order valence-electron chi connectivity index (χ2n) is 6.59. The number of benzene rings is 1. The number of ether oxygens (including phenoxy) is 2. The Morgan fingerprint density at radius 3 is 2.88 bits per heavy atom. The molecule has 0 aromatic heterocycles. The Kier molecular flexibility index (Phi) is 6.91. The zero-order valence-corrected chi connectivity index (χ0v) is 15.3. The van der Waals surface area contributed by atoms with Crippen LogP contribution in [0, 0.1) is 5.92 Å². The van der Waals surface area contributed by atoms with Gasteiger partial charge in [0.1, 0.15) is 18.1 Å². The zero-order valence-electron chi connectivity index (χ0n) is 15.3. The number of amides is 1. The highest BCUT2D eigenvalue weighted by Crippen LogP contribution is 2.33. The van der Waals surface area contributed by atoms with E-state index >= 15 is 0 Å². The lowest BCUT2D eigenvalue weighted by Gasteiger charge is -2.35. The van der Waals surface area contributed by atoms with E-state index in [-0.39, 0.29) is 11.8 Å². The number of carbonyl (C=O) groups excluding carboxylic acids is 1. The first-order chi connectivity index (χ1) is 11.6. The molecule has 0 aliphatic carbocycles. The summed E-state index contributed by atoms with van der Waals surface area (Å²) in [6, 6.07) is 6.26. The van der Waals surface area contributed by atoms with E-state index in [1.165, 1.54) is 0 Å². The van der Waals surface area contributed by atoms with Crippen molar-refractivity contribution in [2.24, 2.45) is 5.92 Å². The quantitative estimate of drug-likeness (QED) is 0.793. The highest BCUT2D eigenvalue weighted by atomic mass is 16.5. The van der Waals surface area contributed by atoms with Crippen molar-refractivity contribution in [3.8, 4) is 11.5 Å². The Balaban J connectivity index is 1.99. The summed E-state index contributed by atoms with van der Waals surface area (Å²) >= 11 is 0. The van der Waals surface area contributed by atoms with Crippen molar-refractivity contribution in [1.29, 1.82) is 0 Å². The van der Waals surface area contributed by atoms with Crippen LogP contribution in [0.4, 0.5) is 0 Å². The molecule has 2 rings (SSSR count). The first-order valence-corrected chi connectivity index (χ1v) is 8.87. The van der Waals surface area contributed by atoms with Crippen molar-refractivity contribution < 1.29 is 14.3 Å². The molecule has 5 nitrogen and oxygen atoms in total. The van der Waals surface area contributed by atoms with Crippen LogP contribution in [0.3, 0.4) is 0 Å². The van der Waals surface area contributed by atoms with Crippen LogP contribution in [-0.2, 0) is 11.2 Å². The highest BCUT2D eigenvalue weighted by molar-refractivity contribution is 5.77. The molecule has 0 fully saturated rings. The second kappa shape index (κ2) is 8.92. The normalized spacial score (nSPS) is 16.7. The molecule has 0 saturated carbocycles. The highest BCUT2D eigenvalue weighted by Gasteiger charge is 2.27. The van der Waals surface area contributed by atoms with Gasteiger partial charge in [0.15, 0.2) is 0 Å². The standard InChI is InChI=1S/C19H30N2O3/c1-5-10-21(11-9-20-19(22)14(2)3)15-12-16-17(23-4)7-6-8-18(16)24-13-15/h6-8,14-15H,5,9-13H2,1-4H3,(H,20,22). The molecule has 5 heteroatoms. The summed E-state index contributed by atoms with van der Waals surface area (Å²) in [6.45, 7) is 9.19. The van der Waals surface area contributed by atoms with Crippen LogP contribution in [-0.4, -0.2) is 50.2 Å². The van der Waals surface area contributed by atoms with Crippen molar-refractivity contribution in [3.05, 3.63) is 23.8 Å². The topological polar surface area (TPSA) is 50.8 Å².